The summed E-state index contributed by atoms with van der Waals surface area (Å²) < 4.78 is 5.27. The van der Waals surface area contributed by atoms with Crippen molar-refractivity contribution in [1.82, 2.24) is 9.97 Å². The van der Waals surface area contributed by atoms with Crippen molar-refractivity contribution in [3.05, 3.63) is 34.1 Å². The molecule has 0 fully saturated rings. The first-order valence-electron chi connectivity index (χ1n) is 6.35. The van der Waals surface area contributed by atoms with Crippen molar-refractivity contribution < 1.29 is 14.9 Å². The van der Waals surface area contributed by atoms with E-state index in [-0.39, 0.29) is 28.6 Å². The van der Waals surface area contributed by atoms with Gasteiger partial charge < -0.3 is 19.9 Å². The van der Waals surface area contributed by atoms with Crippen LogP contribution in [0.15, 0.2) is 23.0 Å². The van der Waals surface area contributed by atoms with Gasteiger partial charge >= 0.3 is 0 Å². The molecule has 0 saturated heterocycles. The van der Waals surface area contributed by atoms with Crippen molar-refractivity contribution in [3.8, 4) is 28.8 Å². The van der Waals surface area contributed by atoms with Crippen LogP contribution in [0.5, 0.6) is 17.4 Å². The van der Waals surface area contributed by atoms with Gasteiger partial charge in [0.25, 0.3) is 5.56 Å². The number of phenols is 1. The molecule has 20 heavy (non-hydrogen) atoms. The Morgan fingerprint density at radius 2 is 2.05 bits per heavy atom. The molecule has 0 bridgehead atoms. The molecule has 0 amide bonds. The largest absolute Gasteiger partial charge is 0.504 e. The van der Waals surface area contributed by atoms with E-state index < -0.39 is 0 Å². The zero-order chi connectivity index (χ0) is 14.7. The molecule has 106 valence electrons. The Balaban J connectivity index is 2.52. The maximum absolute atomic E-state index is 11.8. The van der Waals surface area contributed by atoms with Crippen LogP contribution in [0.25, 0.3) is 11.4 Å². The Morgan fingerprint density at radius 1 is 1.30 bits per heavy atom. The third kappa shape index (κ3) is 2.59. The van der Waals surface area contributed by atoms with Gasteiger partial charge in [-0.05, 0) is 31.5 Å². The van der Waals surface area contributed by atoms with Crippen LogP contribution in [0.1, 0.15) is 19.4 Å². The molecule has 0 unspecified atom stereocenters. The number of phenolic OH excluding ortho intramolecular Hbond substituents is 1. The standard InChI is InChI=1S/C14H16N2O4/c1-3-9-13(18)15-12(16-14(9)19)8-5-6-10(17)11(7-8)20-4-2/h5-7,17H,3-4H2,1-2H3,(H2,15,16,18,19). The second-order valence-electron chi connectivity index (χ2n) is 4.19. The third-order valence-electron chi connectivity index (χ3n) is 2.88. The highest BCUT2D eigenvalue weighted by molar-refractivity contribution is 5.61. The lowest BCUT2D eigenvalue weighted by Gasteiger charge is -2.09. The summed E-state index contributed by atoms with van der Waals surface area (Å²) in [5.41, 5.74) is 0.417. The summed E-state index contributed by atoms with van der Waals surface area (Å²) >= 11 is 0. The lowest BCUT2D eigenvalue weighted by Crippen LogP contribution is -2.14. The summed E-state index contributed by atoms with van der Waals surface area (Å²) in [6.07, 6.45) is 0.397. The summed E-state index contributed by atoms with van der Waals surface area (Å²) in [6, 6.07) is 4.59. The molecule has 0 aliphatic rings. The summed E-state index contributed by atoms with van der Waals surface area (Å²) in [4.78, 5) is 18.4. The summed E-state index contributed by atoms with van der Waals surface area (Å²) in [5.74, 6) is 0.252. The molecular weight excluding hydrogens is 260 g/mol. The average Bonchev–Trinajstić information content (AvgIpc) is 2.41. The van der Waals surface area contributed by atoms with E-state index in [2.05, 4.69) is 9.97 Å². The second kappa shape index (κ2) is 5.64. The van der Waals surface area contributed by atoms with Crippen molar-refractivity contribution in [2.75, 3.05) is 6.61 Å². The Morgan fingerprint density at radius 3 is 2.65 bits per heavy atom. The molecule has 2 aromatic rings. The summed E-state index contributed by atoms with van der Waals surface area (Å²) in [5, 5.41) is 19.4. The fraction of sp³-hybridized carbons (Fsp3) is 0.286. The number of rotatable bonds is 4. The Labute approximate surface area is 115 Å². The quantitative estimate of drug-likeness (QED) is 0.791. The van der Waals surface area contributed by atoms with Crippen LogP contribution in [-0.4, -0.2) is 26.8 Å². The van der Waals surface area contributed by atoms with Crippen LogP contribution < -0.4 is 10.3 Å². The first-order chi connectivity index (χ1) is 9.56. The number of aromatic nitrogens is 2. The maximum Gasteiger partial charge on any atom is 0.258 e. The molecule has 0 aliphatic heterocycles. The molecule has 0 saturated carbocycles. The highest BCUT2D eigenvalue weighted by atomic mass is 16.5. The minimum absolute atomic E-state index is 0.00680. The molecule has 1 aromatic carbocycles. The van der Waals surface area contributed by atoms with Crippen molar-refractivity contribution in [1.29, 1.82) is 0 Å². The Bertz CT molecular complexity index is 679. The molecule has 0 atom stereocenters. The predicted molar refractivity (Wildman–Crippen MR) is 74.2 cm³/mol. The molecule has 0 spiro atoms. The molecule has 1 heterocycles. The van der Waals surface area contributed by atoms with Crippen molar-refractivity contribution in [2.24, 2.45) is 0 Å². The fourth-order valence-electron chi connectivity index (χ4n) is 1.87. The second-order valence-corrected chi connectivity index (χ2v) is 4.19. The smallest absolute Gasteiger partial charge is 0.258 e. The Hall–Kier alpha value is -2.50. The van der Waals surface area contributed by atoms with E-state index >= 15 is 0 Å². The number of benzene rings is 1. The number of nitrogens with zero attached hydrogens (tertiary/aromatic N) is 1. The van der Waals surface area contributed by atoms with Crippen LogP contribution in [0.4, 0.5) is 0 Å². The topological polar surface area (TPSA) is 95.4 Å². The number of hydrogen-bond acceptors (Lipinski definition) is 5. The number of hydrogen-bond donors (Lipinski definition) is 3. The van der Waals surface area contributed by atoms with Gasteiger partial charge in [0, 0.05) is 5.56 Å². The minimum Gasteiger partial charge on any atom is -0.504 e. The van der Waals surface area contributed by atoms with Gasteiger partial charge in [0.05, 0.1) is 12.2 Å². The highest BCUT2D eigenvalue weighted by Crippen LogP contribution is 2.30. The monoisotopic (exact) mass is 276 g/mol. The van der Waals surface area contributed by atoms with Gasteiger partial charge in [0.2, 0.25) is 5.88 Å². The number of ether oxygens (including phenoxy) is 1. The number of nitrogens with one attached hydrogen (secondary N) is 1. The first-order valence-corrected chi connectivity index (χ1v) is 6.35. The molecule has 0 radical (unpaired) electrons. The molecule has 1 aromatic heterocycles. The number of aromatic amines is 1. The SMILES string of the molecule is CCOc1cc(-c2nc(O)c(CC)c(=O)[nH]2)ccc1O. The van der Waals surface area contributed by atoms with E-state index in [4.69, 9.17) is 4.74 Å². The van der Waals surface area contributed by atoms with E-state index in [0.29, 0.717) is 24.3 Å². The molecule has 6 nitrogen and oxygen atoms in total. The van der Waals surface area contributed by atoms with Gasteiger partial charge in [-0.1, -0.05) is 6.92 Å². The Kier molecular flexibility index (Phi) is 3.93. The van der Waals surface area contributed by atoms with Gasteiger partial charge in [0.1, 0.15) is 5.82 Å². The van der Waals surface area contributed by atoms with E-state index in [0.717, 1.165) is 0 Å². The molecular formula is C14H16N2O4. The van der Waals surface area contributed by atoms with Gasteiger partial charge in [-0.15, -0.1) is 0 Å². The third-order valence-corrected chi connectivity index (χ3v) is 2.88. The highest BCUT2D eigenvalue weighted by Gasteiger charge is 2.12. The van der Waals surface area contributed by atoms with Crippen LogP contribution in [0.2, 0.25) is 0 Å². The zero-order valence-electron chi connectivity index (χ0n) is 11.3. The van der Waals surface area contributed by atoms with Gasteiger partial charge in [-0.25, -0.2) is 0 Å². The van der Waals surface area contributed by atoms with E-state index in [1.165, 1.54) is 6.07 Å². The van der Waals surface area contributed by atoms with E-state index in [1.54, 1.807) is 26.0 Å². The van der Waals surface area contributed by atoms with E-state index in [1.807, 2.05) is 0 Å². The number of H-pyrrole nitrogens is 1. The normalized spacial score (nSPS) is 10.5. The average molecular weight is 276 g/mol. The van der Waals surface area contributed by atoms with Crippen molar-refractivity contribution >= 4 is 0 Å². The molecule has 6 heteroatoms. The van der Waals surface area contributed by atoms with Crippen LogP contribution in [0, 0.1) is 0 Å². The van der Waals surface area contributed by atoms with E-state index in [9.17, 15) is 15.0 Å². The lowest BCUT2D eigenvalue weighted by atomic mass is 10.1. The van der Waals surface area contributed by atoms with Crippen LogP contribution >= 0.6 is 0 Å². The number of aromatic hydroxyl groups is 2. The zero-order valence-corrected chi connectivity index (χ0v) is 11.3. The van der Waals surface area contributed by atoms with Gasteiger partial charge in [-0.3, -0.25) is 4.79 Å². The van der Waals surface area contributed by atoms with Gasteiger partial charge in [0.15, 0.2) is 11.5 Å². The first kappa shape index (κ1) is 13.9. The van der Waals surface area contributed by atoms with Crippen LogP contribution in [0.3, 0.4) is 0 Å². The summed E-state index contributed by atoms with van der Waals surface area (Å²) in [7, 11) is 0. The predicted octanol–water partition coefficient (Wildman–Crippen LogP) is 1.81. The van der Waals surface area contributed by atoms with Crippen LogP contribution in [-0.2, 0) is 6.42 Å². The fourth-order valence-corrected chi connectivity index (χ4v) is 1.87. The van der Waals surface area contributed by atoms with Crippen molar-refractivity contribution in [3.63, 3.8) is 0 Å². The minimum atomic E-state index is -0.374. The van der Waals surface area contributed by atoms with Gasteiger partial charge in [-0.2, -0.15) is 4.98 Å². The summed E-state index contributed by atoms with van der Waals surface area (Å²) in [6.45, 7) is 3.97. The molecule has 0 aliphatic carbocycles. The molecule has 2 rings (SSSR count). The van der Waals surface area contributed by atoms with Crippen molar-refractivity contribution in [2.45, 2.75) is 20.3 Å². The lowest BCUT2D eigenvalue weighted by molar-refractivity contribution is 0.318. The maximum atomic E-state index is 11.8. The molecule has 3 N–H and O–H groups in total.